The van der Waals surface area contributed by atoms with Gasteiger partial charge in [-0.05, 0) is 53.8 Å². The number of aromatic nitrogens is 2. The van der Waals surface area contributed by atoms with Gasteiger partial charge in [0.15, 0.2) is 0 Å². The number of aryl methyl sites for hydroxylation is 1. The van der Waals surface area contributed by atoms with E-state index < -0.39 is 5.91 Å². The fourth-order valence-electron chi connectivity index (χ4n) is 3.53. The molecular weight excluding hydrogens is 430 g/mol. The van der Waals surface area contributed by atoms with E-state index >= 15 is 0 Å². The molecule has 32 heavy (non-hydrogen) atoms. The van der Waals surface area contributed by atoms with E-state index in [-0.39, 0.29) is 30.3 Å². The number of amides is 1. The number of aromatic hydroxyl groups is 1. The maximum Gasteiger partial charge on any atom is 0.275 e. The first-order valence-corrected chi connectivity index (χ1v) is 9.83. The van der Waals surface area contributed by atoms with Crippen molar-refractivity contribution in [2.45, 2.75) is 12.8 Å². The second-order valence-electron chi connectivity index (χ2n) is 7.14. The highest BCUT2D eigenvalue weighted by Gasteiger charge is 2.16. The van der Waals surface area contributed by atoms with Gasteiger partial charge in [-0.3, -0.25) is 15.0 Å². The lowest BCUT2D eigenvalue weighted by molar-refractivity contribution is 0.0708. The van der Waals surface area contributed by atoms with Gasteiger partial charge >= 0.3 is 0 Å². The van der Waals surface area contributed by atoms with E-state index in [4.69, 9.17) is 10.3 Å². The second kappa shape index (κ2) is 10.2. The lowest BCUT2D eigenvalue weighted by atomic mass is 9.98. The Morgan fingerprint density at radius 1 is 1.00 bits per heavy atom. The van der Waals surface area contributed by atoms with E-state index in [9.17, 15) is 9.90 Å². The summed E-state index contributed by atoms with van der Waals surface area (Å²) in [6, 6.07) is 16.4. The summed E-state index contributed by atoms with van der Waals surface area (Å²) in [6.07, 6.45) is 4.60. The van der Waals surface area contributed by atoms with Gasteiger partial charge in [-0.25, -0.2) is 10.5 Å². The first kappa shape index (κ1) is 23.1. The number of aliphatic hydroxyl groups excluding tert-OH is 1. The maximum atomic E-state index is 12.1. The van der Waals surface area contributed by atoms with Crippen LogP contribution < -0.4 is 5.48 Å². The molecule has 7 nitrogen and oxygen atoms in total. The summed E-state index contributed by atoms with van der Waals surface area (Å²) in [5.74, 6) is -0.655. The molecule has 0 aliphatic heterocycles. The van der Waals surface area contributed by atoms with Gasteiger partial charge in [-0.2, -0.15) is 0 Å². The van der Waals surface area contributed by atoms with Crippen molar-refractivity contribution in [3.63, 3.8) is 0 Å². The predicted molar refractivity (Wildman–Crippen MR) is 124 cm³/mol. The van der Waals surface area contributed by atoms with Crippen LogP contribution in [0.5, 0.6) is 5.75 Å². The number of benzene rings is 2. The monoisotopic (exact) mass is 451 g/mol. The quantitative estimate of drug-likeness (QED) is 0.259. The Hall–Kier alpha value is -3.52. The molecule has 0 fully saturated rings. The number of rotatable bonds is 6. The van der Waals surface area contributed by atoms with Gasteiger partial charge in [0.25, 0.3) is 5.91 Å². The second-order valence-corrected chi connectivity index (χ2v) is 7.14. The average Bonchev–Trinajstić information content (AvgIpc) is 2.81. The Morgan fingerprint density at radius 3 is 2.44 bits per heavy atom. The van der Waals surface area contributed by atoms with Gasteiger partial charge in [0.1, 0.15) is 5.75 Å². The summed E-state index contributed by atoms with van der Waals surface area (Å²) in [7, 11) is 0. The Labute approximate surface area is 190 Å². The molecule has 4 rings (SSSR count). The van der Waals surface area contributed by atoms with E-state index in [0.29, 0.717) is 22.2 Å². The van der Waals surface area contributed by atoms with Crippen LogP contribution in [0.15, 0.2) is 67.0 Å². The molecule has 0 spiro atoms. The Balaban J connectivity index is 0.00000289. The highest BCUT2D eigenvalue weighted by molar-refractivity contribution is 6.06. The summed E-state index contributed by atoms with van der Waals surface area (Å²) >= 11 is 0. The van der Waals surface area contributed by atoms with Gasteiger partial charge in [0.05, 0.1) is 16.8 Å². The highest BCUT2D eigenvalue weighted by atomic mass is 35.5. The first-order valence-electron chi connectivity index (χ1n) is 9.83. The lowest BCUT2D eigenvalue weighted by Crippen LogP contribution is -2.19. The molecular formula is C24H22ClN3O4. The van der Waals surface area contributed by atoms with E-state index in [1.54, 1.807) is 29.9 Å². The first-order chi connectivity index (χ1) is 15.1. The average molecular weight is 452 g/mol. The molecule has 0 bridgehead atoms. The van der Waals surface area contributed by atoms with Crippen molar-refractivity contribution in [2.75, 3.05) is 6.61 Å². The molecule has 2 aromatic carbocycles. The Morgan fingerprint density at radius 2 is 1.75 bits per heavy atom. The number of hydrogen-bond acceptors (Lipinski definition) is 6. The molecule has 8 heteroatoms. The van der Waals surface area contributed by atoms with E-state index in [1.807, 2.05) is 30.3 Å². The minimum absolute atomic E-state index is 0. The number of phenols is 1. The minimum Gasteiger partial charge on any atom is -0.507 e. The largest absolute Gasteiger partial charge is 0.507 e. The molecule has 0 aliphatic rings. The van der Waals surface area contributed by atoms with E-state index in [2.05, 4.69) is 9.97 Å². The zero-order chi connectivity index (χ0) is 21.8. The molecule has 0 aliphatic carbocycles. The van der Waals surface area contributed by atoms with Gasteiger partial charge in [0.2, 0.25) is 0 Å². The smallest absolute Gasteiger partial charge is 0.275 e. The Bertz CT molecular complexity index is 1250. The third-order valence-corrected chi connectivity index (χ3v) is 5.14. The molecule has 0 atom stereocenters. The number of nitrogens with zero attached hydrogens (tertiary/aromatic N) is 2. The van der Waals surface area contributed by atoms with Gasteiger partial charge in [-0.15, -0.1) is 12.4 Å². The molecule has 0 unspecified atom stereocenters. The fourth-order valence-corrected chi connectivity index (χ4v) is 3.53. The lowest BCUT2D eigenvalue weighted by Gasteiger charge is -2.11. The van der Waals surface area contributed by atoms with Gasteiger partial charge in [0, 0.05) is 30.0 Å². The number of carbonyl (C=O) groups is 1. The predicted octanol–water partition coefficient (Wildman–Crippen LogP) is 4.14. The molecule has 4 N–H and O–H groups in total. The molecule has 4 aromatic rings. The van der Waals surface area contributed by atoms with Crippen molar-refractivity contribution in [2.24, 2.45) is 0 Å². The van der Waals surface area contributed by atoms with Gasteiger partial charge < -0.3 is 10.2 Å². The van der Waals surface area contributed by atoms with E-state index in [1.165, 1.54) is 12.3 Å². The molecule has 0 radical (unpaired) electrons. The third kappa shape index (κ3) is 4.70. The van der Waals surface area contributed by atoms with Gasteiger partial charge in [-0.1, -0.05) is 30.3 Å². The molecule has 0 saturated heterocycles. The van der Waals surface area contributed by atoms with Crippen LogP contribution in [-0.4, -0.2) is 37.9 Å². The minimum atomic E-state index is -0.681. The highest BCUT2D eigenvalue weighted by Crippen LogP contribution is 2.34. The summed E-state index contributed by atoms with van der Waals surface area (Å²) in [5, 5.41) is 29.3. The zero-order valence-electron chi connectivity index (χ0n) is 17.0. The van der Waals surface area contributed by atoms with Crippen molar-refractivity contribution in [3.8, 4) is 28.1 Å². The molecule has 0 saturated carbocycles. The van der Waals surface area contributed by atoms with Crippen LogP contribution in [0, 0.1) is 0 Å². The van der Waals surface area contributed by atoms with Crippen LogP contribution in [0.3, 0.4) is 0 Å². The number of pyridine rings is 2. The summed E-state index contributed by atoms with van der Waals surface area (Å²) in [4.78, 5) is 20.7. The fraction of sp³-hybridized carbons (Fsp3) is 0.125. The van der Waals surface area contributed by atoms with Crippen LogP contribution >= 0.6 is 12.4 Å². The summed E-state index contributed by atoms with van der Waals surface area (Å²) in [5.41, 5.74) is 6.18. The number of aliphatic hydroxyl groups is 1. The summed E-state index contributed by atoms with van der Waals surface area (Å²) in [6.45, 7) is 0.165. The standard InChI is InChI=1S/C24H21N3O4.ClH/c28-11-1-2-15-3-5-16(6-4-15)17-7-8-18(23(29)12-17)22-13-19(24(30)27-31)20-14-25-10-9-21(20)26-22;/h3-10,12-14,28-29,31H,1-2,11H2,(H,27,30);1H. The van der Waals surface area contributed by atoms with Crippen molar-refractivity contribution < 1.29 is 20.2 Å². The third-order valence-electron chi connectivity index (χ3n) is 5.14. The number of halogens is 1. The number of hydroxylamine groups is 1. The van der Waals surface area contributed by atoms with Crippen LogP contribution in [0.4, 0.5) is 0 Å². The van der Waals surface area contributed by atoms with Crippen molar-refractivity contribution in [3.05, 3.63) is 78.1 Å². The van der Waals surface area contributed by atoms with Crippen molar-refractivity contribution >= 4 is 29.2 Å². The van der Waals surface area contributed by atoms with Crippen molar-refractivity contribution in [1.29, 1.82) is 0 Å². The number of fused-ring (bicyclic) bond motifs is 1. The van der Waals surface area contributed by atoms with Crippen molar-refractivity contribution in [1.82, 2.24) is 15.4 Å². The van der Waals surface area contributed by atoms with Crippen LogP contribution in [0.1, 0.15) is 22.3 Å². The zero-order valence-corrected chi connectivity index (χ0v) is 17.8. The number of phenolic OH excluding ortho intramolecular Hbond substituents is 1. The van der Waals surface area contributed by atoms with E-state index in [0.717, 1.165) is 29.5 Å². The molecule has 164 valence electrons. The van der Waals surface area contributed by atoms with Crippen LogP contribution in [0.25, 0.3) is 33.3 Å². The topological polar surface area (TPSA) is 116 Å². The normalized spacial score (nSPS) is 10.6. The molecule has 1 amide bonds. The SMILES string of the molecule is Cl.O=C(NO)c1cc(-c2ccc(-c3ccc(CCCO)cc3)cc2O)nc2ccncc12. The van der Waals surface area contributed by atoms with Crippen LogP contribution in [-0.2, 0) is 6.42 Å². The molecule has 2 aromatic heterocycles. The van der Waals surface area contributed by atoms with Crippen LogP contribution in [0.2, 0.25) is 0 Å². The number of hydrogen-bond donors (Lipinski definition) is 4. The molecule has 2 heterocycles. The maximum absolute atomic E-state index is 12.1. The summed E-state index contributed by atoms with van der Waals surface area (Å²) < 4.78 is 0. The Kier molecular flexibility index (Phi) is 7.37. The number of nitrogens with one attached hydrogen (secondary N) is 1. The number of carbonyl (C=O) groups excluding carboxylic acids is 1.